The summed E-state index contributed by atoms with van der Waals surface area (Å²) in [7, 11) is 0. The number of hydrogen-bond donors (Lipinski definition) is 1. The van der Waals surface area contributed by atoms with E-state index in [1.165, 1.54) is 0 Å². The molecule has 1 rings (SSSR count). The van der Waals surface area contributed by atoms with Gasteiger partial charge in [0, 0.05) is 21.8 Å². The van der Waals surface area contributed by atoms with Gasteiger partial charge in [0.1, 0.15) is 0 Å². The molecule has 0 heterocycles. The summed E-state index contributed by atoms with van der Waals surface area (Å²) in [6, 6.07) is 5.22. The van der Waals surface area contributed by atoms with Gasteiger partial charge in [0.25, 0.3) is 0 Å². The van der Waals surface area contributed by atoms with Crippen molar-refractivity contribution in [2.45, 2.75) is 12.8 Å². The highest BCUT2D eigenvalue weighted by Crippen LogP contribution is 2.25. The Morgan fingerprint density at radius 3 is 2.80 bits per heavy atom. The Morgan fingerprint density at radius 1 is 1.47 bits per heavy atom. The Morgan fingerprint density at radius 2 is 2.20 bits per heavy atom. The van der Waals surface area contributed by atoms with E-state index in [0.29, 0.717) is 23.7 Å². The summed E-state index contributed by atoms with van der Waals surface area (Å²) in [4.78, 5) is 11.4. The number of halogens is 3. The van der Waals surface area contributed by atoms with Crippen molar-refractivity contribution in [2.24, 2.45) is 0 Å². The van der Waals surface area contributed by atoms with E-state index in [0.717, 1.165) is 10.2 Å². The molecule has 0 saturated heterocycles. The summed E-state index contributed by atoms with van der Waals surface area (Å²) in [5.41, 5.74) is 0.721. The summed E-state index contributed by atoms with van der Waals surface area (Å²) in [6.07, 6.45) is 1.11. The highest BCUT2D eigenvalue weighted by atomic mass is 79.9. The molecular formula is C10H10BrCl2NO. The fourth-order valence-corrected chi connectivity index (χ4v) is 1.95. The standard InChI is InChI=1S/C10H10BrCl2NO/c11-8-6-7(13)3-4-9(8)14-10(15)2-1-5-12/h3-4,6H,1-2,5H2,(H,14,15). The number of alkyl halides is 1. The van der Waals surface area contributed by atoms with Gasteiger partial charge in [-0.3, -0.25) is 4.79 Å². The maximum absolute atomic E-state index is 11.4. The molecule has 0 aliphatic carbocycles. The van der Waals surface area contributed by atoms with Gasteiger partial charge in [0.05, 0.1) is 5.69 Å². The van der Waals surface area contributed by atoms with Crippen LogP contribution in [0.1, 0.15) is 12.8 Å². The van der Waals surface area contributed by atoms with E-state index in [2.05, 4.69) is 21.2 Å². The SMILES string of the molecule is O=C(CCCCl)Nc1ccc(Cl)cc1Br. The summed E-state index contributed by atoms with van der Waals surface area (Å²) in [6.45, 7) is 0. The fourth-order valence-electron chi connectivity index (χ4n) is 1.03. The van der Waals surface area contributed by atoms with Crippen LogP contribution in [-0.2, 0) is 4.79 Å². The van der Waals surface area contributed by atoms with Crippen LogP contribution < -0.4 is 5.32 Å². The van der Waals surface area contributed by atoms with Crippen LogP contribution in [0.4, 0.5) is 5.69 Å². The van der Waals surface area contributed by atoms with Crippen molar-refractivity contribution in [3.05, 3.63) is 27.7 Å². The molecule has 0 bridgehead atoms. The fraction of sp³-hybridized carbons (Fsp3) is 0.300. The van der Waals surface area contributed by atoms with Crippen molar-refractivity contribution in [2.75, 3.05) is 11.2 Å². The molecule has 0 atom stereocenters. The first-order chi connectivity index (χ1) is 7.13. The third kappa shape index (κ3) is 4.41. The molecule has 2 nitrogen and oxygen atoms in total. The molecule has 0 saturated carbocycles. The Bertz CT molecular complexity index is 357. The smallest absolute Gasteiger partial charge is 0.224 e. The van der Waals surface area contributed by atoms with Crippen LogP contribution in [0, 0.1) is 0 Å². The second-order valence-corrected chi connectivity index (χ2v) is 4.63. The molecule has 0 aliphatic rings. The van der Waals surface area contributed by atoms with Gasteiger partial charge in [0.2, 0.25) is 5.91 Å². The largest absolute Gasteiger partial charge is 0.325 e. The van der Waals surface area contributed by atoms with Crippen molar-refractivity contribution >= 4 is 50.7 Å². The first kappa shape index (κ1) is 12.8. The van der Waals surface area contributed by atoms with Gasteiger partial charge in [0.15, 0.2) is 0 Å². The number of nitrogens with one attached hydrogen (secondary N) is 1. The van der Waals surface area contributed by atoms with Crippen molar-refractivity contribution in [3.63, 3.8) is 0 Å². The Balaban J connectivity index is 2.60. The topological polar surface area (TPSA) is 29.1 Å². The van der Waals surface area contributed by atoms with Gasteiger partial charge in [-0.25, -0.2) is 0 Å². The molecule has 82 valence electrons. The van der Waals surface area contributed by atoms with Crippen molar-refractivity contribution < 1.29 is 4.79 Å². The molecule has 1 amide bonds. The average molecular weight is 311 g/mol. The van der Waals surface area contributed by atoms with E-state index in [4.69, 9.17) is 23.2 Å². The molecule has 1 aromatic carbocycles. The Kier molecular flexibility index (Phi) is 5.43. The van der Waals surface area contributed by atoms with Gasteiger partial charge >= 0.3 is 0 Å². The van der Waals surface area contributed by atoms with Gasteiger partial charge in [-0.15, -0.1) is 11.6 Å². The number of amides is 1. The lowest BCUT2D eigenvalue weighted by molar-refractivity contribution is -0.116. The average Bonchev–Trinajstić information content (AvgIpc) is 2.19. The molecule has 5 heteroatoms. The molecule has 0 radical (unpaired) electrons. The van der Waals surface area contributed by atoms with Crippen LogP contribution in [0.25, 0.3) is 0 Å². The summed E-state index contributed by atoms with van der Waals surface area (Å²) < 4.78 is 0.772. The normalized spacial score (nSPS) is 10.1. The van der Waals surface area contributed by atoms with E-state index >= 15 is 0 Å². The molecule has 1 N–H and O–H groups in total. The number of rotatable bonds is 4. The minimum atomic E-state index is -0.0429. The zero-order valence-corrected chi connectivity index (χ0v) is 11.0. The monoisotopic (exact) mass is 309 g/mol. The van der Waals surface area contributed by atoms with Crippen LogP contribution in [0.15, 0.2) is 22.7 Å². The summed E-state index contributed by atoms with van der Waals surface area (Å²) in [5.74, 6) is 0.452. The molecule has 0 unspecified atom stereocenters. The molecule has 1 aromatic rings. The first-order valence-corrected chi connectivity index (χ1v) is 6.15. The van der Waals surface area contributed by atoms with Crippen molar-refractivity contribution in [1.29, 1.82) is 0 Å². The molecule has 15 heavy (non-hydrogen) atoms. The molecule has 0 fully saturated rings. The lowest BCUT2D eigenvalue weighted by Crippen LogP contribution is -2.11. The predicted molar refractivity (Wildman–Crippen MR) is 67.7 cm³/mol. The van der Waals surface area contributed by atoms with Crippen LogP contribution in [0.3, 0.4) is 0 Å². The molecule has 0 aliphatic heterocycles. The van der Waals surface area contributed by atoms with Crippen LogP contribution in [0.2, 0.25) is 5.02 Å². The van der Waals surface area contributed by atoms with Gasteiger partial charge in [-0.2, -0.15) is 0 Å². The lowest BCUT2D eigenvalue weighted by Gasteiger charge is -2.06. The van der Waals surface area contributed by atoms with E-state index in [-0.39, 0.29) is 5.91 Å². The zero-order chi connectivity index (χ0) is 11.3. The van der Waals surface area contributed by atoms with Crippen LogP contribution in [0.5, 0.6) is 0 Å². The highest BCUT2D eigenvalue weighted by molar-refractivity contribution is 9.10. The van der Waals surface area contributed by atoms with E-state index < -0.39 is 0 Å². The van der Waals surface area contributed by atoms with Gasteiger partial charge in [-0.1, -0.05) is 11.6 Å². The first-order valence-electron chi connectivity index (χ1n) is 4.44. The number of carbonyl (C=O) groups is 1. The quantitative estimate of drug-likeness (QED) is 0.835. The lowest BCUT2D eigenvalue weighted by atomic mass is 10.3. The predicted octanol–water partition coefficient (Wildman–Crippen LogP) is 4.06. The maximum Gasteiger partial charge on any atom is 0.224 e. The minimum Gasteiger partial charge on any atom is -0.325 e. The zero-order valence-electron chi connectivity index (χ0n) is 7.90. The van der Waals surface area contributed by atoms with E-state index in [9.17, 15) is 4.79 Å². The summed E-state index contributed by atoms with van der Waals surface area (Å²) >= 11 is 14.6. The van der Waals surface area contributed by atoms with Crippen LogP contribution >= 0.6 is 39.1 Å². The second-order valence-electron chi connectivity index (χ2n) is 2.96. The van der Waals surface area contributed by atoms with Crippen molar-refractivity contribution in [3.8, 4) is 0 Å². The van der Waals surface area contributed by atoms with E-state index in [1.807, 2.05) is 0 Å². The number of hydrogen-bond acceptors (Lipinski definition) is 1. The molecular weight excluding hydrogens is 301 g/mol. The van der Waals surface area contributed by atoms with Gasteiger partial charge < -0.3 is 5.32 Å². The number of carbonyl (C=O) groups excluding carboxylic acids is 1. The number of anilines is 1. The minimum absolute atomic E-state index is 0.0429. The van der Waals surface area contributed by atoms with Crippen LogP contribution in [-0.4, -0.2) is 11.8 Å². The third-order valence-electron chi connectivity index (χ3n) is 1.74. The molecule has 0 spiro atoms. The Hall–Kier alpha value is -0.250. The summed E-state index contributed by atoms with van der Waals surface area (Å²) in [5, 5.41) is 3.39. The third-order valence-corrected chi connectivity index (χ3v) is 2.90. The van der Waals surface area contributed by atoms with Gasteiger partial charge in [-0.05, 0) is 40.5 Å². The maximum atomic E-state index is 11.4. The highest BCUT2D eigenvalue weighted by Gasteiger charge is 2.05. The number of benzene rings is 1. The Labute approximate surface area is 107 Å². The van der Waals surface area contributed by atoms with Crippen molar-refractivity contribution in [1.82, 2.24) is 0 Å². The molecule has 0 aromatic heterocycles. The second kappa shape index (κ2) is 6.36. The van der Waals surface area contributed by atoms with E-state index in [1.54, 1.807) is 18.2 Å².